The molecule has 0 amide bonds. The topological polar surface area (TPSA) is 70.5 Å². The third-order valence-electron chi connectivity index (χ3n) is 4.28. The molecule has 2 atom stereocenters. The number of benzene rings is 1. The molecule has 0 radical (unpaired) electrons. The van der Waals surface area contributed by atoms with Gasteiger partial charge < -0.3 is 5.11 Å². The number of aliphatic hydroxyl groups excluding tert-OH is 1. The minimum Gasteiger partial charge on any atom is -0.392 e. The number of aromatic nitrogens is 1. The molecular weight excluding hydrogens is 319 g/mol. The summed E-state index contributed by atoms with van der Waals surface area (Å²) < 4.78 is 40.5. The van der Waals surface area contributed by atoms with Crippen LogP contribution >= 0.6 is 0 Å². The van der Waals surface area contributed by atoms with Gasteiger partial charge in [-0.15, -0.1) is 0 Å². The standard InChI is InChI=1S/C16H19FN2O3S/c1-11(20)16-4-2-3-7-19(16)23(21,22)14-9-12-8-13(17)5-6-15(12)18-10-14/h5-6,8-11,16,20H,2-4,7H2,1H3. The molecule has 0 saturated carbocycles. The Morgan fingerprint density at radius 1 is 1.35 bits per heavy atom. The van der Waals surface area contributed by atoms with Crippen molar-refractivity contribution in [2.45, 2.75) is 43.2 Å². The highest BCUT2D eigenvalue weighted by atomic mass is 32.2. The second-order valence-corrected chi connectivity index (χ2v) is 7.82. The fraction of sp³-hybridized carbons (Fsp3) is 0.438. The lowest BCUT2D eigenvalue weighted by Crippen LogP contribution is -2.48. The van der Waals surface area contributed by atoms with Crippen molar-refractivity contribution >= 4 is 20.9 Å². The lowest BCUT2D eigenvalue weighted by Gasteiger charge is -2.36. The van der Waals surface area contributed by atoms with Gasteiger partial charge >= 0.3 is 0 Å². The van der Waals surface area contributed by atoms with Crippen molar-refractivity contribution in [3.05, 3.63) is 36.3 Å². The molecule has 2 heterocycles. The maximum absolute atomic E-state index is 13.4. The zero-order valence-corrected chi connectivity index (χ0v) is 13.6. The van der Waals surface area contributed by atoms with E-state index in [1.165, 1.54) is 34.8 Å². The molecule has 0 bridgehead atoms. The van der Waals surface area contributed by atoms with Crippen LogP contribution in [0.15, 0.2) is 35.4 Å². The second kappa shape index (κ2) is 6.14. The van der Waals surface area contributed by atoms with E-state index in [0.717, 1.165) is 12.8 Å². The molecule has 3 rings (SSSR count). The number of rotatable bonds is 3. The minimum absolute atomic E-state index is 0.0307. The number of aliphatic hydroxyl groups is 1. The van der Waals surface area contributed by atoms with Gasteiger partial charge in [-0.05, 0) is 44.0 Å². The van der Waals surface area contributed by atoms with E-state index < -0.39 is 28.0 Å². The maximum Gasteiger partial charge on any atom is 0.244 e. The molecule has 2 unspecified atom stereocenters. The number of piperidine rings is 1. The van der Waals surface area contributed by atoms with E-state index in [-0.39, 0.29) is 4.90 Å². The number of halogens is 1. The average molecular weight is 338 g/mol. The molecule has 0 spiro atoms. The largest absolute Gasteiger partial charge is 0.392 e. The van der Waals surface area contributed by atoms with E-state index in [1.807, 2.05) is 0 Å². The molecule has 5 nitrogen and oxygen atoms in total. The highest BCUT2D eigenvalue weighted by molar-refractivity contribution is 7.89. The maximum atomic E-state index is 13.4. The molecule has 1 N–H and O–H groups in total. The van der Waals surface area contributed by atoms with Crippen molar-refractivity contribution in [3.8, 4) is 0 Å². The summed E-state index contributed by atoms with van der Waals surface area (Å²) in [6, 6.07) is 5.08. The first-order valence-corrected chi connectivity index (χ1v) is 9.09. The predicted molar refractivity (Wildman–Crippen MR) is 84.9 cm³/mol. The van der Waals surface area contributed by atoms with Crippen LogP contribution in [-0.2, 0) is 10.0 Å². The number of pyridine rings is 1. The van der Waals surface area contributed by atoms with Crippen LogP contribution in [0.3, 0.4) is 0 Å². The molecule has 2 aromatic rings. The zero-order valence-electron chi connectivity index (χ0n) is 12.8. The Balaban J connectivity index is 2.04. The van der Waals surface area contributed by atoms with Crippen LogP contribution in [0.5, 0.6) is 0 Å². The Kier molecular flexibility index (Phi) is 4.35. The van der Waals surface area contributed by atoms with Crippen molar-refractivity contribution in [1.82, 2.24) is 9.29 Å². The third-order valence-corrected chi connectivity index (χ3v) is 6.17. The molecule has 1 aliphatic heterocycles. The normalized spacial score (nSPS) is 21.4. The van der Waals surface area contributed by atoms with Gasteiger partial charge in [-0.25, -0.2) is 12.8 Å². The number of fused-ring (bicyclic) bond motifs is 1. The van der Waals surface area contributed by atoms with E-state index in [4.69, 9.17) is 0 Å². The summed E-state index contributed by atoms with van der Waals surface area (Å²) in [5, 5.41) is 10.3. The van der Waals surface area contributed by atoms with Crippen molar-refractivity contribution < 1.29 is 17.9 Å². The van der Waals surface area contributed by atoms with Gasteiger partial charge in [0, 0.05) is 18.1 Å². The summed E-state index contributed by atoms with van der Waals surface area (Å²) in [4.78, 5) is 4.15. The van der Waals surface area contributed by atoms with Crippen molar-refractivity contribution in [3.63, 3.8) is 0 Å². The van der Waals surface area contributed by atoms with E-state index in [9.17, 15) is 17.9 Å². The minimum atomic E-state index is -3.77. The summed E-state index contributed by atoms with van der Waals surface area (Å²) in [5.41, 5.74) is 0.538. The molecule has 1 aliphatic rings. The number of hydrogen-bond acceptors (Lipinski definition) is 4. The highest BCUT2D eigenvalue weighted by Crippen LogP contribution is 2.28. The van der Waals surface area contributed by atoms with E-state index in [1.54, 1.807) is 6.92 Å². The quantitative estimate of drug-likeness (QED) is 0.932. The van der Waals surface area contributed by atoms with E-state index >= 15 is 0 Å². The van der Waals surface area contributed by atoms with Crippen LogP contribution in [0.2, 0.25) is 0 Å². The Morgan fingerprint density at radius 2 is 2.13 bits per heavy atom. The van der Waals surface area contributed by atoms with Crippen LogP contribution in [-0.4, -0.2) is 41.5 Å². The smallest absolute Gasteiger partial charge is 0.244 e. The monoisotopic (exact) mass is 338 g/mol. The fourth-order valence-electron chi connectivity index (χ4n) is 3.07. The van der Waals surface area contributed by atoms with Gasteiger partial charge in [0.05, 0.1) is 17.7 Å². The summed E-state index contributed by atoms with van der Waals surface area (Å²) >= 11 is 0. The Hall–Kier alpha value is -1.57. The van der Waals surface area contributed by atoms with Gasteiger partial charge in [0.15, 0.2) is 0 Å². The van der Waals surface area contributed by atoms with Crippen LogP contribution in [0, 0.1) is 5.82 Å². The third kappa shape index (κ3) is 3.08. The molecule has 1 fully saturated rings. The highest BCUT2D eigenvalue weighted by Gasteiger charge is 2.36. The van der Waals surface area contributed by atoms with Crippen molar-refractivity contribution in [2.24, 2.45) is 0 Å². The molecule has 124 valence electrons. The van der Waals surface area contributed by atoms with Gasteiger partial charge in [0.2, 0.25) is 10.0 Å². The first-order valence-electron chi connectivity index (χ1n) is 7.65. The summed E-state index contributed by atoms with van der Waals surface area (Å²) in [6.07, 6.45) is 2.84. The first kappa shape index (κ1) is 16.3. The van der Waals surface area contributed by atoms with Crippen molar-refractivity contribution in [2.75, 3.05) is 6.54 Å². The molecule has 1 aromatic heterocycles. The molecule has 1 saturated heterocycles. The van der Waals surface area contributed by atoms with E-state index in [0.29, 0.717) is 23.9 Å². The Morgan fingerprint density at radius 3 is 2.87 bits per heavy atom. The lowest BCUT2D eigenvalue weighted by atomic mass is 10.0. The second-order valence-electron chi connectivity index (χ2n) is 5.93. The predicted octanol–water partition coefficient (Wildman–Crippen LogP) is 2.30. The van der Waals surface area contributed by atoms with Gasteiger partial charge in [-0.2, -0.15) is 4.31 Å². The molecule has 7 heteroatoms. The van der Waals surface area contributed by atoms with Crippen LogP contribution in [0.25, 0.3) is 10.9 Å². The summed E-state index contributed by atoms with van der Waals surface area (Å²) in [6.45, 7) is 1.98. The number of nitrogens with zero attached hydrogens (tertiary/aromatic N) is 2. The average Bonchev–Trinajstić information content (AvgIpc) is 2.54. The van der Waals surface area contributed by atoms with Gasteiger partial charge in [-0.1, -0.05) is 6.42 Å². The van der Waals surface area contributed by atoms with Crippen LogP contribution < -0.4 is 0 Å². The number of hydrogen-bond donors (Lipinski definition) is 1. The fourth-order valence-corrected chi connectivity index (χ4v) is 4.81. The lowest BCUT2D eigenvalue weighted by molar-refractivity contribution is 0.0831. The van der Waals surface area contributed by atoms with Crippen molar-refractivity contribution in [1.29, 1.82) is 0 Å². The Labute approximate surface area is 134 Å². The number of sulfonamides is 1. The van der Waals surface area contributed by atoms with Gasteiger partial charge in [-0.3, -0.25) is 4.98 Å². The molecule has 0 aliphatic carbocycles. The SMILES string of the molecule is CC(O)C1CCCCN1S(=O)(=O)c1cnc2ccc(F)cc2c1. The van der Waals surface area contributed by atoms with Gasteiger partial charge in [0.25, 0.3) is 0 Å². The Bertz CT molecular complexity index is 823. The summed E-state index contributed by atoms with van der Waals surface area (Å²) in [7, 11) is -3.77. The van der Waals surface area contributed by atoms with E-state index in [2.05, 4.69) is 4.98 Å². The molecule has 1 aromatic carbocycles. The molecule has 23 heavy (non-hydrogen) atoms. The van der Waals surface area contributed by atoms with Crippen LogP contribution in [0.4, 0.5) is 4.39 Å². The zero-order chi connectivity index (χ0) is 16.6. The first-order chi connectivity index (χ1) is 10.9. The molecular formula is C16H19FN2O3S. The summed E-state index contributed by atoms with van der Waals surface area (Å²) in [5.74, 6) is -0.436. The van der Waals surface area contributed by atoms with Crippen LogP contribution in [0.1, 0.15) is 26.2 Å². The van der Waals surface area contributed by atoms with Gasteiger partial charge in [0.1, 0.15) is 10.7 Å².